The highest BCUT2D eigenvalue weighted by atomic mass is 35.5. The van der Waals surface area contributed by atoms with E-state index >= 15 is 0 Å². The molecule has 2 N–H and O–H groups in total. The molecule has 2 unspecified atom stereocenters. The Balaban J connectivity index is 1.57. The van der Waals surface area contributed by atoms with Gasteiger partial charge in [-0.2, -0.15) is 0 Å². The van der Waals surface area contributed by atoms with E-state index in [-0.39, 0.29) is 16.0 Å². The molecule has 5 heteroatoms. The first kappa shape index (κ1) is 19.8. The molecule has 3 nitrogen and oxygen atoms in total. The number of nitrogens with zero attached hydrogens (tertiary/aromatic N) is 2. The fourth-order valence-electron chi connectivity index (χ4n) is 6.28. The zero-order valence-electron chi connectivity index (χ0n) is 18.0. The van der Waals surface area contributed by atoms with Crippen LogP contribution in [0.15, 0.2) is 65.7 Å². The molecule has 0 bridgehead atoms. The van der Waals surface area contributed by atoms with Gasteiger partial charge in [0.15, 0.2) is 5.96 Å². The van der Waals surface area contributed by atoms with E-state index in [1.807, 2.05) is 7.05 Å². The van der Waals surface area contributed by atoms with Gasteiger partial charge < -0.3 is 10.6 Å². The van der Waals surface area contributed by atoms with Crippen molar-refractivity contribution in [1.82, 2.24) is 4.90 Å². The molecule has 3 aromatic carbocycles. The maximum absolute atomic E-state index is 13.8. The third-order valence-electron chi connectivity index (χ3n) is 7.90. The van der Waals surface area contributed by atoms with Gasteiger partial charge in [0.05, 0.1) is 10.6 Å². The first-order chi connectivity index (χ1) is 15.4. The van der Waals surface area contributed by atoms with Gasteiger partial charge >= 0.3 is 0 Å². The molecule has 0 saturated heterocycles. The zero-order chi connectivity index (χ0) is 22.1. The smallest absolute Gasteiger partial charge is 0.191 e. The van der Waals surface area contributed by atoms with Crippen LogP contribution in [0.1, 0.15) is 28.7 Å². The average Bonchev–Trinajstić information content (AvgIpc) is 2.95. The van der Waals surface area contributed by atoms with Crippen LogP contribution >= 0.6 is 11.6 Å². The molecule has 2 atom stereocenters. The van der Waals surface area contributed by atoms with Gasteiger partial charge in [0, 0.05) is 19.0 Å². The summed E-state index contributed by atoms with van der Waals surface area (Å²) in [6, 6.07) is 20.4. The van der Waals surface area contributed by atoms with E-state index in [2.05, 4.69) is 47.4 Å². The van der Waals surface area contributed by atoms with Gasteiger partial charge in [-0.1, -0.05) is 60.1 Å². The highest BCUT2D eigenvalue weighted by Crippen LogP contribution is 2.56. The molecule has 0 radical (unpaired) electrons. The highest BCUT2D eigenvalue weighted by Gasteiger charge is 2.61. The minimum absolute atomic E-state index is 0.147. The lowest BCUT2D eigenvalue weighted by Gasteiger charge is -2.49. The van der Waals surface area contributed by atoms with Crippen molar-refractivity contribution in [2.75, 3.05) is 13.6 Å². The summed E-state index contributed by atoms with van der Waals surface area (Å²) in [6.07, 6.45) is 3.82. The molecule has 3 aliphatic rings. The van der Waals surface area contributed by atoms with E-state index in [4.69, 9.17) is 22.3 Å². The third kappa shape index (κ3) is 2.69. The molecule has 0 amide bonds. The van der Waals surface area contributed by atoms with Crippen molar-refractivity contribution in [2.24, 2.45) is 10.7 Å². The van der Waals surface area contributed by atoms with Crippen LogP contribution in [0.25, 0.3) is 11.1 Å². The van der Waals surface area contributed by atoms with E-state index in [0.717, 1.165) is 43.4 Å². The Morgan fingerprint density at radius 3 is 2.53 bits per heavy atom. The number of halogens is 2. The lowest BCUT2D eigenvalue weighted by molar-refractivity contribution is 0.169. The van der Waals surface area contributed by atoms with Gasteiger partial charge in [-0.15, -0.1) is 0 Å². The van der Waals surface area contributed by atoms with Crippen molar-refractivity contribution in [3.05, 3.63) is 93.8 Å². The standard InChI is InChI=1S/C27H25ClFN3/c1-32-16-26-14-20-5-3-2-4-17(20)10-11-27(26,31-25(32)30)15-21-7-6-18(12-22(21)26)19-8-9-24(29)23(28)13-19/h2-9,12-13H,10-11,14-16H2,1H3,(H2,30,31). The van der Waals surface area contributed by atoms with Crippen molar-refractivity contribution in [3.8, 4) is 11.1 Å². The van der Waals surface area contributed by atoms with Crippen LogP contribution in [-0.4, -0.2) is 30.0 Å². The fourth-order valence-corrected chi connectivity index (χ4v) is 6.46. The minimum Gasteiger partial charge on any atom is -0.370 e. The summed E-state index contributed by atoms with van der Waals surface area (Å²) < 4.78 is 13.8. The second-order valence-corrected chi connectivity index (χ2v) is 9.97. The Labute approximate surface area is 192 Å². The summed E-state index contributed by atoms with van der Waals surface area (Å²) in [6.45, 7) is 0.831. The molecule has 6 rings (SSSR count). The van der Waals surface area contributed by atoms with Gasteiger partial charge in [-0.25, -0.2) is 9.38 Å². The van der Waals surface area contributed by atoms with Crippen LogP contribution in [0.2, 0.25) is 5.02 Å². The Bertz CT molecular complexity index is 1290. The quantitative estimate of drug-likeness (QED) is 0.564. The molecule has 0 spiro atoms. The van der Waals surface area contributed by atoms with Crippen LogP contribution < -0.4 is 5.73 Å². The molecule has 1 aliphatic heterocycles. The lowest BCUT2D eigenvalue weighted by Crippen LogP contribution is -2.61. The normalized spacial score (nSPS) is 25.8. The predicted octanol–water partition coefficient (Wildman–Crippen LogP) is 5.13. The van der Waals surface area contributed by atoms with E-state index in [9.17, 15) is 4.39 Å². The fraction of sp³-hybridized carbons (Fsp3) is 0.296. The molecular weight excluding hydrogens is 421 g/mol. The first-order valence-electron chi connectivity index (χ1n) is 11.1. The molecule has 32 heavy (non-hydrogen) atoms. The summed E-state index contributed by atoms with van der Waals surface area (Å²) in [5, 5.41) is 0.147. The Morgan fingerprint density at radius 2 is 1.72 bits per heavy atom. The second kappa shape index (κ2) is 6.82. The number of benzene rings is 3. The average molecular weight is 446 g/mol. The third-order valence-corrected chi connectivity index (χ3v) is 8.19. The van der Waals surface area contributed by atoms with Crippen molar-refractivity contribution in [2.45, 2.75) is 36.6 Å². The second-order valence-electron chi connectivity index (χ2n) is 9.56. The number of aliphatic imine (C=N–C) groups is 1. The molecular formula is C27H25ClFN3. The number of rotatable bonds is 1. The van der Waals surface area contributed by atoms with Gasteiger partial charge in [-0.05, 0) is 71.2 Å². The Hall–Kier alpha value is -2.85. The highest BCUT2D eigenvalue weighted by molar-refractivity contribution is 6.31. The zero-order valence-corrected chi connectivity index (χ0v) is 18.8. The Morgan fingerprint density at radius 1 is 0.969 bits per heavy atom. The van der Waals surface area contributed by atoms with Gasteiger partial charge in [-0.3, -0.25) is 0 Å². The number of hydrogen-bond donors (Lipinski definition) is 1. The lowest BCUT2D eigenvalue weighted by atomic mass is 9.64. The molecule has 3 aromatic rings. The maximum atomic E-state index is 13.8. The number of guanidine groups is 1. The topological polar surface area (TPSA) is 41.6 Å². The monoisotopic (exact) mass is 445 g/mol. The summed E-state index contributed by atoms with van der Waals surface area (Å²) in [4.78, 5) is 7.30. The number of aryl methyl sites for hydroxylation is 1. The Kier molecular flexibility index (Phi) is 4.22. The van der Waals surface area contributed by atoms with Crippen molar-refractivity contribution >= 4 is 17.6 Å². The van der Waals surface area contributed by atoms with Crippen LogP contribution in [0.5, 0.6) is 0 Å². The summed E-state index contributed by atoms with van der Waals surface area (Å²) in [5.74, 6) is 0.234. The minimum atomic E-state index is -0.395. The molecule has 0 aromatic heterocycles. The van der Waals surface area contributed by atoms with Gasteiger partial charge in [0.25, 0.3) is 0 Å². The number of likely N-dealkylation sites (N-methyl/N-ethyl adjacent to an activating group) is 1. The largest absolute Gasteiger partial charge is 0.370 e. The molecule has 162 valence electrons. The predicted molar refractivity (Wildman–Crippen MR) is 128 cm³/mol. The number of hydrogen-bond acceptors (Lipinski definition) is 3. The van der Waals surface area contributed by atoms with Gasteiger partial charge in [0.1, 0.15) is 5.82 Å². The number of fused-ring (bicyclic) bond motifs is 2. The molecule has 0 saturated carbocycles. The van der Waals surface area contributed by atoms with Crippen molar-refractivity contribution < 1.29 is 4.39 Å². The van der Waals surface area contributed by atoms with E-state index in [1.54, 1.807) is 12.1 Å². The van der Waals surface area contributed by atoms with Crippen LogP contribution in [0.3, 0.4) is 0 Å². The molecule has 1 heterocycles. The van der Waals surface area contributed by atoms with E-state index in [1.165, 1.54) is 28.3 Å². The van der Waals surface area contributed by atoms with Crippen LogP contribution in [0.4, 0.5) is 4.39 Å². The van der Waals surface area contributed by atoms with E-state index in [0.29, 0.717) is 5.96 Å². The SMILES string of the molecule is CN1CC23Cc4ccccc4CCC2(Cc2ccc(-c4ccc(F)c(Cl)c4)cc23)N=C1N. The molecule has 0 fully saturated rings. The maximum Gasteiger partial charge on any atom is 0.191 e. The summed E-state index contributed by atoms with van der Waals surface area (Å²) in [5.41, 5.74) is 13.5. The first-order valence-corrected chi connectivity index (χ1v) is 11.5. The molecule has 2 aliphatic carbocycles. The summed E-state index contributed by atoms with van der Waals surface area (Å²) in [7, 11) is 2.04. The van der Waals surface area contributed by atoms with Crippen molar-refractivity contribution in [3.63, 3.8) is 0 Å². The van der Waals surface area contributed by atoms with E-state index < -0.39 is 5.82 Å². The van der Waals surface area contributed by atoms with Crippen molar-refractivity contribution in [1.29, 1.82) is 0 Å². The van der Waals surface area contributed by atoms with Gasteiger partial charge in [0.2, 0.25) is 0 Å². The van der Waals surface area contributed by atoms with Crippen LogP contribution in [-0.2, 0) is 24.7 Å². The summed E-state index contributed by atoms with van der Waals surface area (Å²) >= 11 is 6.10. The van der Waals surface area contributed by atoms with Crippen LogP contribution in [0, 0.1) is 5.82 Å². The number of nitrogens with two attached hydrogens (primary N) is 1.